The summed E-state index contributed by atoms with van der Waals surface area (Å²) >= 11 is 8.21. The zero-order chi connectivity index (χ0) is 19.9. The number of anilines is 1. The molecule has 3 aromatic rings. The molecule has 0 bridgehead atoms. The van der Waals surface area contributed by atoms with Crippen LogP contribution in [0, 0.1) is 5.82 Å². The number of rotatable bonds is 9. The number of nitrogens with one attached hydrogen (secondary N) is 1. The number of allylic oxidation sites excluding steroid dienone is 1. The second kappa shape index (κ2) is 9.62. The summed E-state index contributed by atoms with van der Waals surface area (Å²) in [7, 11) is 0. The second-order valence-corrected chi connectivity index (χ2v) is 7.43. The van der Waals surface area contributed by atoms with Crippen molar-refractivity contribution in [3.63, 3.8) is 0 Å². The minimum absolute atomic E-state index is 0.0252. The van der Waals surface area contributed by atoms with Crippen molar-refractivity contribution in [1.82, 2.24) is 25.0 Å². The Labute approximate surface area is 172 Å². The molecular formula is C16H14ClFN6O2S2. The van der Waals surface area contributed by atoms with E-state index in [4.69, 9.17) is 16.3 Å². The molecule has 28 heavy (non-hydrogen) atoms. The van der Waals surface area contributed by atoms with Crippen LogP contribution in [0.2, 0.25) is 5.02 Å². The van der Waals surface area contributed by atoms with Crippen molar-refractivity contribution in [3.8, 4) is 5.75 Å². The summed E-state index contributed by atoms with van der Waals surface area (Å²) in [5.74, 6) is 0.323. The van der Waals surface area contributed by atoms with Crippen LogP contribution in [-0.2, 0) is 17.9 Å². The first-order valence-electron chi connectivity index (χ1n) is 7.86. The Balaban J connectivity index is 1.62. The van der Waals surface area contributed by atoms with Crippen LogP contribution in [0.4, 0.5) is 9.52 Å². The lowest BCUT2D eigenvalue weighted by atomic mass is 10.3. The van der Waals surface area contributed by atoms with Crippen LogP contribution in [0.25, 0.3) is 0 Å². The highest BCUT2D eigenvalue weighted by molar-refractivity contribution is 7.99. The average Bonchev–Trinajstić information content (AvgIpc) is 3.31. The summed E-state index contributed by atoms with van der Waals surface area (Å²) in [6, 6.07) is 4.09. The maximum atomic E-state index is 13.2. The normalized spacial score (nSPS) is 10.6. The lowest BCUT2D eigenvalue weighted by molar-refractivity contribution is -0.113. The van der Waals surface area contributed by atoms with E-state index in [1.54, 1.807) is 10.6 Å². The van der Waals surface area contributed by atoms with E-state index in [9.17, 15) is 9.18 Å². The monoisotopic (exact) mass is 440 g/mol. The number of hydrogen-bond acceptors (Lipinski definition) is 8. The van der Waals surface area contributed by atoms with E-state index < -0.39 is 5.82 Å². The molecule has 2 heterocycles. The lowest BCUT2D eigenvalue weighted by Crippen LogP contribution is -2.15. The number of carbonyl (C=O) groups excluding carboxylic acids is 1. The zero-order valence-electron chi connectivity index (χ0n) is 14.3. The third-order valence-electron chi connectivity index (χ3n) is 3.30. The summed E-state index contributed by atoms with van der Waals surface area (Å²) in [4.78, 5) is 12.0. The molecule has 0 aliphatic heterocycles. The molecule has 12 heteroatoms. The Hall–Kier alpha value is -2.50. The highest BCUT2D eigenvalue weighted by atomic mass is 35.5. The molecule has 0 unspecified atom stereocenters. The summed E-state index contributed by atoms with van der Waals surface area (Å²) in [6.07, 6.45) is 1.69. The Morgan fingerprint density at radius 1 is 1.43 bits per heavy atom. The number of carbonyl (C=O) groups is 1. The van der Waals surface area contributed by atoms with Crippen LogP contribution in [0.5, 0.6) is 5.75 Å². The standard InChI is InChI=1S/C16H14ClFN6O2S2/c1-2-5-24-13(7-26-10-3-4-12(18)11(17)6-10)21-23-16(24)27-8-14(25)20-15-22-19-9-28-15/h2-4,6,9H,1,5,7-8H2,(H,20,22,25). The molecule has 0 aliphatic rings. The van der Waals surface area contributed by atoms with Crippen LogP contribution in [0.1, 0.15) is 5.82 Å². The molecule has 8 nitrogen and oxygen atoms in total. The van der Waals surface area contributed by atoms with E-state index >= 15 is 0 Å². The van der Waals surface area contributed by atoms with Gasteiger partial charge in [0, 0.05) is 12.6 Å². The number of halogens is 2. The number of benzene rings is 1. The molecule has 0 spiro atoms. The quantitative estimate of drug-likeness (QED) is 0.402. The van der Waals surface area contributed by atoms with Crippen molar-refractivity contribution in [2.75, 3.05) is 11.1 Å². The molecule has 0 aliphatic carbocycles. The van der Waals surface area contributed by atoms with Gasteiger partial charge in [-0.2, -0.15) is 0 Å². The smallest absolute Gasteiger partial charge is 0.236 e. The van der Waals surface area contributed by atoms with Crippen LogP contribution in [0.3, 0.4) is 0 Å². The van der Waals surface area contributed by atoms with Gasteiger partial charge in [0.25, 0.3) is 0 Å². The topological polar surface area (TPSA) is 94.8 Å². The highest BCUT2D eigenvalue weighted by Gasteiger charge is 2.15. The van der Waals surface area contributed by atoms with Gasteiger partial charge in [0.1, 0.15) is 23.7 Å². The molecule has 0 atom stereocenters. The van der Waals surface area contributed by atoms with E-state index in [0.717, 1.165) is 0 Å². The molecule has 0 radical (unpaired) electrons. The van der Waals surface area contributed by atoms with Crippen molar-refractivity contribution in [2.24, 2.45) is 0 Å². The van der Waals surface area contributed by atoms with Crippen LogP contribution in [0.15, 0.2) is 41.5 Å². The number of aromatic nitrogens is 5. The summed E-state index contributed by atoms with van der Waals surface area (Å²) < 4.78 is 20.6. The fourth-order valence-corrected chi connectivity index (χ4v) is 3.47. The van der Waals surface area contributed by atoms with Gasteiger partial charge in [-0.15, -0.1) is 27.0 Å². The summed E-state index contributed by atoms with van der Waals surface area (Å²) in [5.41, 5.74) is 1.53. The van der Waals surface area contributed by atoms with Crippen molar-refractivity contribution in [3.05, 3.63) is 53.0 Å². The predicted octanol–water partition coefficient (Wildman–Crippen LogP) is 3.42. The van der Waals surface area contributed by atoms with Crippen LogP contribution < -0.4 is 10.1 Å². The molecule has 146 valence electrons. The lowest BCUT2D eigenvalue weighted by Gasteiger charge is -2.09. The number of nitrogens with zero attached hydrogens (tertiary/aromatic N) is 5. The van der Waals surface area contributed by atoms with Gasteiger partial charge >= 0.3 is 0 Å². The van der Waals surface area contributed by atoms with Crippen molar-refractivity contribution in [2.45, 2.75) is 18.3 Å². The molecule has 1 N–H and O–H groups in total. The van der Waals surface area contributed by atoms with E-state index in [2.05, 4.69) is 32.3 Å². The molecule has 2 aromatic heterocycles. The Morgan fingerprint density at radius 3 is 3.00 bits per heavy atom. The fraction of sp³-hybridized carbons (Fsp3) is 0.188. The van der Waals surface area contributed by atoms with Gasteiger partial charge in [-0.25, -0.2) is 4.39 Å². The molecule has 0 fully saturated rings. The number of amides is 1. The summed E-state index contributed by atoms with van der Waals surface area (Å²) in [5, 5.41) is 19.2. The third kappa shape index (κ3) is 5.27. The first kappa shape index (κ1) is 20.2. The third-order valence-corrected chi connectivity index (χ3v) is 5.17. The van der Waals surface area contributed by atoms with E-state index in [1.807, 2.05) is 0 Å². The molecule has 1 aromatic carbocycles. The Morgan fingerprint density at radius 2 is 2.29 bits per heavy atom. The number of ether oxygens (including phenoxy) is 1. The van der Waals surface area contributed by atoms with Gasteiger partial charge in [0.15, 0.2) is 11.0 Å². The van der Waals surface area contributed by atoms with Gasteiger partial charge in [-0.05, 0) is 12.1 Å². The first-order valence-corrected chi connectivity index (χ1v) is 10.1. The van der Waals surface area contributed by atoms with E-state index in [1.165, 1.54) is 46.8 Å². The fourth-order valence-electron chi connectivity index (χ4n) is 2.07. The van der Waals surface area contributed by atoms with Crippen molar-refractivity contribution in [1.29, 1.82) is 0 Å². The molecule has 0 saturated heterocycles. The second-order valence-electron chi connectivity index (χ2n) is 5.24. The number of thioether (sulfide) groups is 1. The van der Waals surface area contributed by atoms with Crippen LogP contribution in [-0.4, -0.2) is 36.6 Å². The average molecular weight is 441 g/mol. The van der Waals surface area contributed by atoms with Crippen molar-refractivity contribution < 1.29 is 13.9 Å². The minimum Gasteiger partial charge on any atom is -0.486 e. The molecular weight excluding hydrogens is 427 g/mol. The van der Waals surface area contributed by atoms with E-state index in [-0.39, 0.29) is 23.3 Å². The predicted molar refractivity (Wildman–Crippen MR) is 105 cm³/mol. The van der Waals surface area contributed by atoms with Gasteiger partial charge in [0.2, 0.25) is 11.0 Å². The maximum absolute atomic E-state index is 13.2. The number of hydrogen-bond donors (Lipinski definition) is 1. The molecule has 1 amide bonds. The van der Waals surface area contributed by atoms with Crippen LogP contribution >= 0.6 is 34.7 Å². The zero-order valence-corrected chi connectivity index (χ0v) is 16.7. The molecule has 3 rings (SSSR count). The Kier molecular flexibility index (Phi) is 6.95. The maximum Gasteiger partial charge on any atom is 0.236 e. The Bertz CT molecular complexity index is 966. The highest BCUT2D eigenvalue weighted by Crippen LogP contribution is 2.23. The van der Waals surface area contributed by atoms with Gasteiger partial charge in [0.05, 0.1) is 10.8 Å². The SMILES string of the molecule is C=CCn1c(COc2ccc(F)c(Cl)c2)nnc1SCC(=O)Nc1nncs1. The largest absolute Gasteiger partial charge is 0.486 e. The van der Waals surface area contributed by atoms with Gasteiger partial charge in [-0.1, -0.05) is 40.8 Å². The van der Waals surface area contributed by atoms with E-state index in [0.29, 0.717) is 28.4 Å². The van der Waals surface area contributed by atoms with Crippen molar-refractivity contribution >= 4 is 45.7 Å². The van der Waals surface area contributed by atoms with Gasteiger partial charge in [-0.3, -0.25) is 14.7 Å². The first-order chi connectivity index (χ1) is 13.6. The van der Waals surface area contributed by atoms with Gasteiger partial charge < -0.3 is 4.74 Å². The summed E-state index contributed by atoms with van der Waals surface area (Å²) in [6.45, 7) is 4.26. The molecule has 0 saturated carbocycles. The minimum atomic E-state index is -0.519.